The van der Waals surface area contributed by atoms with Crippen LogP contribution in [0.3, 0.4) is 0 Å². The Hall–Kier alpha value is -0.770. The van der Waals surface area contributed by atoms with Crippen molar-refractivity contribution >= 4 is 5.96 Å². The SMILES string of the molecule is CCOCC(C)NC1=NCCN1. The summed E-state index contributed by atoms with van der Waals surface area (Å²) in [6.45, 7) is 7.41. The molecule has 1 heterocycles. The highest BCUT2D eigenvalue weighted by Gasteiger charge is 2.07. The Kier molecular flexibility index (Phi) is 3.87. The summed E-state index contributed by atoms with van der Waals surface area (Å²) in [5.74, 6) is 0.905. The number of hydrogen-bond acceptors (Lipinski definition) is 4. The Balaban J connectivity index is 2.12. The first-order valence-electron chi connectivity index (χ1n) is 4.45. The van der Waals surface area contributed by atoms with Gasteiger partial charge in [0.2, 0.25) is 0 Å². The van der Waals surface area contributed by atoms with Crippen LogP contribution < -0.4 is 10.6 Å². The molecule has 0 saturated heterocycles. The second-order valence-corrected chi connectivity index (χ2v) is 2.86. The number of guanidine groups is 1. The highest BCUT2D eigenvalue weighted by molar-refractivity contribution is 5.81. The summed E-state index contributed by atoms with van der Waals surface area (Å²) in [4.78, 5) is 4.22. The van der Waals surface area contributed by atoms with E-state index >= 15 is 0 Å². The molecule has 1 unspecified atom stereocenters. The van der Waals surface area contributed by atoms with Crippen LogP contribution >= 0.6 is 0 Å². The van der Waals surface area contributed by atoms with Gasteiger partial charge in [0, 0.05) is 19.2 Å². The van der Waals surface area contributed by atoms with Crippen molar-refractivity contribution in [3.63, 3.8) is 0 Å². The van der Waals surface area contributed by atoms with E-state index in [0.29, 0.717) is 6.04 Å². The summed E-state index contributed by atoms with van der Waals surface area (Å²) >= 11 is 0. The fourth-order valence-corrected chi connectivity index (χ4v) is 1.06. The van der Waals surface area contributed by atoms with Crippen molar-refractivity contribution in [2.24, 2.45) is 4.99 Å². The van der Waals surface area contributed by atoms with Crippen LogP contribution in [0.1, 0.15) is 13.8 Å². The summed E-state index contributed by atoms with van der Waals surface area (Å²) in [5, 5.41) is 6.37. The standard InChI is InChI=1S/C8H17N3O/c1-3-12-6-7(2)11-8-9-4-5-10-8/h7H,3-6H2,1-2H3,(H2,9,10,11). The number of nitrogens with one attached hydrogen (secondary N) is 2. The molecular formula is C8H17N3O. The van der Waals surface area contributed by atoms with E-state index in [-0.39, 0.29) is 0 Å². The van der Waals surface area contributed by atoms with Crippen molar-refractivity contribution in [2.45, 2.75) is 19.9 Å². The third-order valence-electron chi connectivity index (χ3n) is 1.63. The van der Waals surface area contributed by atoms with Crippen molar-refractivity contribution in [3.8, 4) is 0 Å². The summed E-state index contributed by atoms with van der Waals surface area (Å²) in [6, 6.07) is 0.328. The molecule has 0 spiro atoms. The molecule has 0 aromatic carbocycles. The van der Waals surface area contributed by atoms with Gasteiger partial charge < -0.3 is 15.4 Å². The summed E-state index contributed by atoms with van der Waals surface area (Å²) in [7, 11) is 0. The second-order valence-electron chi connectivity index (χ2n) is 2.86. The zero-order valence-electron chi connectivity index (χ0n) is 7.76. The Morgan fingerprint density at radius 2 is 2.58 bits per heavy atom. The summed E-state index contributed by atoms with van der Waals surface area (Å²) in [5.41, 5.74) is 0. The molecule has 0 aliphatic carbocycles. The van der Waals surface area contributed by atoms with E-state index in [1.54, 1.807) is 0 Å². The van der Waals surface area contributed by atoms with Gasteiger partial charge in [0.25, 0.3) is 0 Å². The van der Waals surface area contributed by atoms with Crippen molar-refractivity contribution in [1.29, 1.82) is 0 Å². The average Bonchev–Trinajstić information content (AvgIpc) is 2.53. The lowest BCUT2D eigenvalue weighted by Crippen LogP contribution is -2.41. The lowest BCUT2D eigenvalue weighted by atomic mass is 10.4. The van der Waals surface area contributed by atoms with Crippen LogP contribution in [0, 0.1) is 0 Å². The molecule has 1 atom stereocenters. The van der Waals surface area contributed by atoms with Crippen LogP contribution in [0.4, 0.5) is 0 Å². The van der Waals surface area contributed by atoms with E-state index < -0.39 is 0 Å². The van der Waals surface area contributed by atoms with Gasteiger partial charge >= 0.3 is 0 Å². The first-order valence-corrected chi connectivity index (χ1v) is 4.45. The lowest BCUT2D eigenvalue weighted by Gasteiger charge is -2.14. The van der Waals surface area contributed by atoms with Crippen LogP contribution in [0.5, 0.6) is 0 Å². The van der Waals surface area contributed by atoms with Gasteiger partial charge in [-0.1, -0.05) is 0 Å². The minimum atomic E-state index is 0.328. The number of rotatable bonds is 4. The third kappa shape index (κ3) is 3.09. The summed E-state index contributed by atoms with van der Waals surface area (Å²) in [6.07, 6.45) is 0. The van der Waals surface area contributed by atoms with Crippen LogP contribution in [-0.2, 0) is 4.74 Å². The molecule has 0 aromatic heterocycles. The Morgan fingerprint density at radius 1 is 1.75 bits per heavy atom. The van der Waals surface area contributed by atoms with E-state index in [2.05, 4.69) is 22.5 Å². The molecule has 1 rings (SSSR count). The van der Waals surface area contributed by atoms with Gasteiger partial charge in [0.15, 0.2) is 5.96 Å². The lowest BCUT2D eigenvalue weighted by molar-refractivity contribution is 0.132. The molecule has 4 nitrogen and oxygen atoms in total. The minimum absolute atomic E-state index is 0.328. The zero-order valence-corrected chi connectivity index (χ0v) is 7.76. The molecule has 0 bridgehead atoms. The first-order chi connectivity index (χ1) is 5.83. The van der Waals surface area contributed by atoms with Crippen LogP contribution in [0.25, 0.3) is 0 Å². The maximum Gasteiger partial charge on any atom is 0.191 e. The second kappa shape index (κ2) is 4.98. The number of aliphatic imine (C=N–C) groups is 1. The average molecular weight is 171 g/mol. The van der Waals surface area contributed by atoms with E-state index in [1.165, 1.54) is 0 Å². The monoisotopic (exact) mass is 171 g/mol. The number of ether oxygens (including phenoxy) is 1. The van der Waals surface area contributed by atoms with Crippen molar-refractivity contribution in [1.82, 2.24) is 10.6 Å². The molecule has 1 aliphatic rings. The maximum absolute atomic E-state index is 5.26. The molecule has 4 heteroatoms. The molecular weight excluding hydrogens is 154 g/mol. The third-order valence-corrected chi connectivity index (χ3v) is 1.63. The molecule has 0 saturated carbocycles. The van der Waals surface area contributed by atoms with Crippen molar-refractivity contribution in [3.05, 3.63) is 0 Å². The molecule has 0 fully saturated rings. The molecule has 12 heavy (non-hydrogen) atoms. The van der Waals surface area contributed by atoms with Crippen LogP contribution in [0.2, 0.25) is 0 Å². The van der Waals surface area contributed by atoms with Gasteiger partial charge in [-0.3, -0.25) is 4.99 Å². The van der Waals surface area contributed by atoms with E-state index in [9.17, 15) is 0 Å². The van der Waals surface area contributed by atoms with Gasteiger partial charge in [-0.2, -0.15) is 0 Å². The predicted octanol–water partition coefficient (Wildman–Crippen LogP) is -0.0398. The van der Waals surface area contributed by atoms with E-state index in [1.807, 2.05) is 6.92 Å². The smallest absolute Gasteiger partial charge is 0.191 e. The maximum atomic E-state index is 5.26. The van der Waals surface area contributed by atoms with Crippen LogP contribution in [0.15, 0.2) is 4.99 Å². The number of hydrogen-bond donors (Lipinski definition) is 2. The minimum Gasteiger partial charge on any atom is -0.380 e. The van der Waals surface area contributed by atoms with Crippen molar-refractivity contribution in [2.75, 3.05) is 26.3 Å². The van der Waals surface area contributed by atoms with Gasteiger partial charge in [0.05, 0.1) is 13.2 Å². The fraction of sp³-hybridized carbons (Fsp3) is 0.875. The van der Waals surface area contributed by atoms with Gasteiger partial charge in [-0.15, -0.1) is 0 Å². The van der Waals surface area contributed by atoms with Gasteiger partial charge in [-0.05, 0) is 13.8 Å². The molecule has 2 N–H and O–H groups in total. The van der Waals surface area contributed by atoms with E-state index in [4.69, 9.17) is 4.74 Å². The highest BCUT2D eigenvalue weighted by atomic mass is 16.5. The topological polar surface area (TPSA) is 45.6 Å². The fourth-order valence-electron chi connectivity index (χ4n) is 1.06. The van der Waals surface area contributed by atoms with Crippen LogP contribution in [-0.4, -0.2) is 38.3 Å². The normalized spacial score (nSPS) is 18.3. The Morgan fingerprint density at radius 3 is 3.17 bits per heavy atom. The molecule has 0 aromatic rings. The quantitative estimate of drug-likeness (QED) is 0.624. The first kappa shape index (κ1) is 9.32. The molecule has 70 valence electrons. The largest absolute Gasteiger partial charge is 0.380 e. The Bertz CT molecular complexity index is 158. The number of nitrogens with zero attached hydrogens (tertiary/aromatic N) is 1. The predicted molar refractivity (Wildman–Crippen MR) is 49.4 cm³/mol. The van der Waals surface area contributed by atoms with E-state index in [0.717, 1.165) is 32.3 Å². The zero-order chi connectivity index (χ0) is 8.81. The molecule has 0 amide bonds. The van der Waals surface area contributed by atoms with Crippen molar-refractivity contribution < 1.29 is 4.74 Å². The summed E-state index contributed by atoms with van der Waals surface area (Å²) < 4.78 is 5.26. The molecule has 1 aliphatic heterocycles. The molecule has 0 radical (unpaired) electrons. The van der Waals surface area contributed by atoms with Gasteiger partial charge in [-0.25, -0.2) is 0 Å². The Labute approximate surface area is 73.4 Å². The van der Waals surface area contributed by atoms with Gasteiger partial charge in [0.1, 0.15) is 0 Å². The highest BCUT2D eigenvalue weighted by Crippen LogP contribution is 1.87.